The molecule has 7 heteroatoms. The van der Waals surface area contributed by atoms with Crippen LogP contribution < -0.4 is 4.90 Å². The van der Waals surface area contributed by atoms with E-state index in [-0.39, 0.29) is 5.82 Å². The number of anilines is 1. The van der Waals surface area contributed by atoms with Gasteiger partial charge < -0.3 is 4.90 Å². The molecule has 0 radical (unpaired) electrons. The molecule has 1 aromatic carbocycles. The van der Waals surface area contributed by atoms with Crippen LogP contribution in [0.15, 0.2) is 30.5 Å². The predicted molar refractivity (Wildman–Crippen MR) is 94.1 cm³/mol. The van der Waals surface area contributed by atoms with Crippen molar-refractivity contribution in [1.29, 1.82) is 0 Å². The molecule has 2 aromatic heterocycles. The maximum atomic E-state index is 13.0. The van der Waals surface area contributed by atoms with Gasteiger partial charge in [0.25, 0.3) is 0 Å². The van der Waals surface area contributed by atoms with Crippen molar-refractivity contribution >= 4 is 21.4 Å². The number of imidazole rings is 1. The summed E-state index contributed by atoms with van der Waals surface area (Å²) in [6.07, 6.45) is 3.07. The van der Waals surface area contributed by atoms with E-state index in [0.717, 1.165) is 60.5 Å². The molecule has 1 saturated heterocycles. The second kappa shape index (κ2) is 6.49. The van der Waals surface area contributed by atoms with Gasteiger partial charge in [-0.05, 0) is 31.0 Å². The van der Waals surface area contributed by atoms with E-state index < -0.39 is 0 Å². The van der Waals surface area contributed by atoms with Crippen LogP contribution >= 0.6 is 11.3 Å². The summed E-state index contributed by atoms with van der Waals surface area (Å²) in [5, 5.41) is 5.70. The molecule has 0 bridgehead atoms. The van der Waals surface area contributed by atoms with E-state index in [9.17, 15) is 4.39 Å². The largest absolute Gasteiger partial charge is 0.345 e. The number of aryl methyl sites for hydroxylation is 1. The lowest BCUT2D eigenvalue weighted by Gasteiger charge is -2.21. The first-order valence-electron chi connectivity index (χ1n) is 8.22. The van der Waals surface area contributed by atoms with Crippen LogP contribution in [0.4, 0.5) is 9.52 Å². The Labute approximate surface area is 144 Å². The smallest absolute Gasteiger partial charge is 0.214 e. The minimum absolute atomic E-state index is 0.176. The molecule has 5 nitrogen and oxygen atoms in total. The van der Waals surface area contributed by atoms with Crippen molar-refractivity contribution in [3.8, 4) is 0 Å². The molecule has 3 heterocycles. The highest BCUT2D eigenvalue weighted by Crippen LogP contribution is 2.24. The summed E-state index contributed by atoms with van der Waals surface area (Å²) in [5.74, 6) is -0.176. The molecule has 24 heavy (non-hydrogen) atoms. The molecule has 0 atom stereocenters. The van der Waals surface area contributed by atoms with Gasteiger partial charge in [0.15, 0.2) is 0 Å². The summed E-state index contributed by atoms with van der Waals surface area (Å²) < 4.78 is 14.9. The first kappa shape index (κ1) is 15.5. The number of hydrogen-bond donors (Lipinski definition) is 0. The van der Waals surface area contributed by atoms with Gasteiger partial charge in [0.05, 0.1) is 11.9 Å². The first-order chi connectivity index (χ1) is 11.7. The Balaban J connectivity index is 1.41. The molecule has 1 aliphatic heterocycles. The molecule has 0 amide bonds. The molecule has 0 spiro atoms. The second-order valence-electron chi connectivity index (χ2n) is 6.24. The highest BCUT2D eigenvalue weighted by atomic mass is 32.1. The van der Waals surface area contributed by atoms with Crippen LogP contribution in [0, 0.1) is 12.7 Å². The number of nitrogens with zero attached hydrogens (tertiary/aromatic N) is 5. The molecule has 0 N–H and O–H groups in total. The highest BCUT2D eigenvalue weighted by Gasteiger charge is 2.19. The van der Waals surface area contributed by atoms with E-state index in [1.807, 2.05) is 29.8 Å². The first-order valence-corrected chi connectivity index (χ1v) is 9.03. The Bertz CT molecular complexity index is 794. The Hall–Kier alpha value is -1.99. The van der Waals surface area contributed by atoms with Gasteiger partial charge in [-0.3, -0.25) is 4.90 Å². The topological polar surface area (TPSA) is 36.7 Å². The summed E-state index contributed by atoms with van der Waals surface area (Å²) in [6, 6.07) is 6.81. The van der Waals surface area contributed by atoms with Crippen LogP contribution in [-0.4, -0.2) is 45.7 Å². The van der Waals surface area contributed by atoms with Crippen LogP contribution in [0.1, 0.15) is 17.7 Å². The number of benzene rings is 1. The lowest BCUT2D eigenvalue weighted by atomic mass is 10.2. The second-order valence-corrected chi connectivity index (χ2v) is 7.17. The van der Waals surface area contributed by atoms with Gasteiger partial charge in [0.2, 0.25) is 10.1 Å². The van der Waals surface area contributed by atoms with Gasteiger partial charge in [-0.2, -0.15) is 0 Å². The summed E-state index contributed by atoms with van der Waals surface area (Å²) in [7, 11) is 0. The Morgan fingerprint density at radius 2 is 1.96 bits per heavy atom. The van der Waals surface area contributed by atoms with Crippen molar-refractivity contribution in [3.05, 3.63) is 47.5 Å². The standard InChI is InChI=1S/C17H20FN5S/c1-13-11-23-16(19-13)24-17(20-23)22-8-2-7-21(9-10-22)12-14-3-5-15(18)6-4-14/h3-6,11H,2,7-10,12H2,1H3. The van der Waals surface area contributed by atoms with E-state index in [2.05, 4.69) is 19.9 Å². The number of fused-ring (bicyclic) bond motifs is 1. The zero-order valence-corrected chi connectivity index (χ0v) is 14.5. The summed E-state index contributed by atoms with van der Waals surface area (Å²) in [6.45, 7) is 6.86. The van der Waals surface area contributed by atoms with E-state index in [0.29, 0.717) is 0 Å². The Morgan fingerprint density at radius 1 is 1.12 bits per heavy atom. The van der Waals surface area contributed by atoms with Crippen molar-refractivity contribution in [3.63, 3.8) is 0 Å². The fraction of sp³-hybridized carbons (Fsp3) is 0.412. The maximum absolute atomic E-state index is 13.0. The Morgan fingerprint density at radius 3 is 2.75 bits per heavy atom. The predicted octanol–water partition coefficient (Wildman–Crippen LogP) is 2.95. The third kappa shape index (κ3) is 3.27. The zero-order valence-electron chi connectivity index (χ0n) is 13.7. The van der Waals surface area contributed by atoms with E-state index in [1.165, 1.54) is 12.1 Å². The van der Waals surface area contributed by atoms with Crippen molar-refractivity contribution in [2.45, 2.75) is 19.9 Å². The number of halogens is 1. The molecule has 1 fully saturated rings. The lowest BCUT2D eigenvalue weighted by molar-refractivity contribution is 0.285. The molecule has 3 aromatic rings. The van der Waals surface area contributed by atoms with E-state index in [4.69, 9.17) is 0 Å². The summed E-state index contributed by atoms with van der Waals surface area (Å²) >= 11 is 1.65. The molecular formula is C17H20FN5S. The number of aromatic nitrogens is 3. The van der Waals surface area contributed by atoms with Gasteiger partial charge in [-0.15, -0.1) is 5.10 Å². The van der Waals surface area contributed by atoms with Gasteiger partial charge in [-0.25, -0.2) is 13.9 Å². The van der Waals surface area contributed by atoms with Gasteiger partial charge in [0.1, 0.15) is 5.82 Å². The van der Waals surface area contributed by atoms with Crippen molar-refractivity contribution in [1.82, 2.24) is 19.5 Å². The van der Waals surface area contributed by atoms with Gasteiger partial charge in [0, 0.05) is 32.7 Å². The van der Waals surface area contributed by atoms with Crippen LogP contribution in [0.3, 0.4) is 0 Å². The number of hydrogen-bond acceptors (Lipinski definition) is 5. The molecular weight excluding hydrogens is 325 g/mol. The zero-order chi connectivity index (χ0) is 16.5. The van der Waals surface area contributed by atoms with Crippen molar-refractivity contribution < 1.29 is 4.39 Å². The van der Waals surface area contributed by atoms with Crippen LogP contribution in [0.25, 0.3) is 4.96 Å². The fourth-order valence-electron chi connectivity index (χ4n) is 3.09. The Kier molecular flexibility index (Phi) is 4.20. The average molecular weight is 345 g/mol. The quantitative estimate of drug-likeness (QED) is 0.731. The SMILES string of the molecule is Cc1cn2nc(N3CCCN(Cc4ccc(F)cc4)CC3)sc2n1. The third-order valence-corrected chi connectivity index (χ3v) is 5.31. The molecule has 0 saturated carbocycles. The van der Waals surface area contributed by atoms with Gasteiger partial charge >= 0.3 is 0 Å². The van der Waals surface area contributed by atoms with Crippen LogP contribution in [0.5, 0.6) is 0 Å². The molecule has 0 unspecified atom stereocenters. The minimum Gasteiger partial charge on any atom is -0.345 e. The van der Waals surface area contributed by atoms with E-state index in [1.54, 1.807) is 11.3 Å². The highest BCUT2D eigenvalue weighted by molar-refractivity contribution is 7.20. The normalized spacial score (nSPS) is 16.7. The van der Waals surface area contributed by atoms with Crippen LogP contribution in [0.2, 0.25) is 0 Å². The molecule has 1 aliphatic rings. The fourth-order valence-corrected chi connectivity index (χ4v) is 4.08. The average Bonchev–Trinajstić information content (AvgIpc) is 2.99. The third-order valence-electron chi connectivity index (χ3n) is 4.33. The molecule has 126 valence electrons. The maximum Gasteiger partial charge on any atom is 0.214 e. The molecule has 4 rings (SSSR count). The summed E-state index contributed by atoms with van der Waals surface area (Å²) in [4.78, 5) is 10.2. The van der Waals surface area contributed by atoms with Crippen molar-refractivity contribution in [2.75, 3.05) is 31.1 Å². The van der Waals surface area contributed by atoms with Crippen molar-refractivity contribution in [2.24, 2.45) is 0 Å². The van der Waals surface area contributed by atoms with Crippen LogP contribution in [-0.2, 0) is 6.54 Å². The minimum atomic E-state index is -0.176. The van der Waals surface area contributed by atoms with Gasteiger partial charge in [-0.1, -0.05) is 23.5 Å². The van der Waals surface area contributed by atoms with E-state index >= 15 is 0 Å². The molecule has 0 aliphatic carbocycles. The lowest BCUT2D eigenvalue weighted by Crippen LogP contribution is -2.30. The monoisotopic (exact) mass is 345 g/mol. The number of rotatable bonds is 3. The summed E-state index contributed by atoms with van der Waals surface area (Å²) in [5.41, 5.74) is 2.16.